The summed E-state index contributed by atoms with van der Waals surface area (Å²) in [6.07, 6.45) is 16.8. The second kappa shape index (κ2) is 40.1. The van der Waals surface area contributed by atoms with Crippen LogP contribution in [-0.2, 0) is 62.4 Å². The highest BCUT2D eigenvalue weighted by Gasteiger charge is 2.36. The summed E-state index contributed by atoms with van der Waals surface area (Å²) in [7, 11) is -5.59. The number of ether oxygens (including phenoxy) is 2. The number of nitrogens with one attached hydrogen (secondary N) is 2. The Morgan fingerprint density at radius 1 is 0.663 bits per heavy atom. The Kier molecular flexibility index (Phi) is 32.5. The normalized spacial score (nSPS) is 18.0. The Hall–Kier alpha value is -6.35. The van der Waals surface area contributed by atoms with Crippen LogP contribution in [0.1, 0.15) is 166 Å². The molecule has 0 bridgehead atoms. The molecule has 4 atom stereocenters. The molecular weight excluding hydrogens is 1390 g/mol. The molecule has 0 unspecified atom stereocenters. The van der Waals surface area contributed by atoms with Gasteiger partial charge in [-0.05, 0) is 181 Å². The number of halogens is 2. The molecular formula is C73H101Cl2N10O13PS2. The number of pyridine rings is 1. The highest BCUT2D eigenvalue weighted by molar-refractivity contribution is 7.99. The number of carbonyl (C=O) groups excluding carboxylic acids is 4. The van der Waals surface area contributed by atoms with Gasteiger partial charge < -0.3 is 49.1 Å². The first kappa shape index (κ1) is 81.9. The number of thioether (sulfide) groups is 1. The molecule has 0 radical (unpaired) electrons. The lowest BCUT2D eigenvalue weighted by molar-refractivity contribution is -0.118. The fraction of sp³-hybridized carbons (Fsp3) is 0.534. The van der Waals surface area contributed by atoms with Crippen molar-refractivity contribution in [3.8, 4) is 5.75 Å². The summed E-state index contributed by atoms with van der Waals surface area (Å²) < 4.78 is 46.8. The van der Waals surface area contributed by atoms with Crippen molar-refractivity contribution in [1.29, 1.82) is 0 Å². The van der Waals surface area contributed by atoms with Crippen LogP contribution in [0.25, 0.3) is 0 Å². The van der Waals surface area contributed by atoms with Crippen molar-refractivity contribution in [2.45, 2.75) is 192 Å². The summed E-state index contributed by atoms with van der Waals surface area (Å²) in [6.45, 7) is 11.2. The molecule has 101 heavy (non-hydrogen) atoms. The van der Waals surface area contributed by atoms with Gasteiger partial charge in [0, 0.05) is 95.9 Å². The number of H-pyrrole nitrogens is 1. The van der Waals surface area contributed by atoms with Gasteiger partial charge in [0.2, 0.25) is 33.7 Å². The van der Waals surface area contributed by atoms with Gasteiger partial charge in [-0.2, -0.15) is 17.0 Å². The zero-order valence-electron chi connectivity index (χ0n) is 58.9. The van der Waals surface area contributed by atoms with Crippen molar-refractivity contribution in [3.05, 3.63) is 148 Å². The Morgan fingerprint density at radius 2 is 1.27 bits per heavy atom. The number of aliphatic hydroxyl groups is 2. The predicted molar refractivity (Wildman–Crippen MR) is 400 cm³/mol. The maximum atomic E-state index is 12.4. The summed E-state index contributed by atoms with van der Waals surface area (Å²) >= 11 is 14.0. The number of amides is 4. The van der Waals surface area contributed by atoms with Crippen LogP contribution in [-0.4, -0.2) is 159 Å². The number of aryl methyl sites for hydroxylation is 1. The zero-order chi connectivity index (χ0) is 73.2. The third-order valence-electron chi connectivity index (χ3n) is 17.8. The maximum Gasteiger partial charge on any atom is 0.325 e. The van der Waals surface area contributed by atoms with Crippen LogP contribution in [0.5, 0.6) is 5.75 Å². The van der Waals surface area contributed by atoms with Crippen LogP contribution in [0.4, 0.5) is 22.7 Å². The molecule has 0 saturated carbocycles. The number of nitrogens with zero attached hydrogens (tertiary/aromatic N) is 8. The summed E-state index contributed by atoms with van der Waals surface area (Å²) in [5.74, 6) is 3.88. The lowest BCUT2D eigenvalue weighted by atomic mass is 9.87. The van der Waals surface area contributed by atoms with Gasteiger partial charge in [0.25, 0.3) is 0 Å². The van der Waals surface area contributed by atoms with E-state index in [1.54, 1.807) is 61.0 Å². The number of hydrogen-bond acceptors (Lipinski definition) is 16. The number of aliphatic hydroxyl groups excluding tert-OH is 1. The highest BCUT2D eigenvalue weighted by atomic mass is 35.5. The number of unbranched alkanes of at least 4 members (excludes halogenated alkanes) is 5. The zero-order valence-corrected chi connectivity index (χ0v) is 63.0. The van der Waals surface area contributed by atoms with E-state index in [0.717, 1.165) is 116 Å². The molecule has 4 aliphatic rings. The van der Waals surface area contributed by atoms with E-state index in [0.29, 0.717) is 86.1 Å². The standard InChI is InChI=1S/C19H19Cl2NO3.C19H28N6O2.C19H30NO4PS.C16H24N2O4S/c20-14-10-15(21)12-17(11-14)22-16(4-5-19(22)24)8-13-2-1-3-18(9-13)25-7-6-23;1-19(2,27)16-11-9-15(13-20-16)25-14(10-12-18(25)26)7-5-3-4-6-8-17-21-23-24-22-17;1-19(2,3)15-6-8-16(9-7-15)20-17(10-11-18(20)21)14-26-13-5-4-12-25(22,23)24;1-17-23(20,21)12-6-5-11-22-13-15-9-10-16(19)18(15)14-7-3-2-4-8-14/h1-3,9-12,16,23H,4-8H2;9,11,13-14,27H,3-8,10,12H2,1-2H3,(H,21,22,23,24);6-9,17H,4-5,10-14H2,1-3H3,(H2,22,23,24);2-4,7-8,15,17H,5-6,9-13H2,1H3/t16-;14-;17-;15-/m1011/s1. The molecule has 0 aliphatic carbocycles. The van der Waals surface area contributed by atoms with Crippen molar-refractivity contribution in [2.24, 2.45) is 0 Å². The van der Waals surface area contributed by atoms with Gasteiger partial charge in [0.15, 0.2) is 5.82 Å². The number of anilines is 4. The lowest BCUT2D eigenvalue weighted by Gasteiger charge is -2.26. The molecule has 10 rings (SSSR count). The minimum absolute atomic E-state index is 0.0232. The first-order valence-electron chi connectivity index (χ1n) is 34.9. The average molecular weight is 1490 g/mol. The monoisotopic (exact) mass is 1490 g/mol. The molecule has 23 nitrogen and oxygen atoms in total. The number of benzene rings is 4. The molecule has 6 aromatic rings. The van der Waals surface area contributed by atoms with Gasteiger partial charge >= 0.3 is 7.60 Å². The Bertz CT molecular complexity index is 3700. The first-order valence-corrected chi connectivity index (χ1v) is 40.2. The quantitative estimate of drug-likeness (QED) is 0.0169. The minimum atomic E-state index is -3.87. The van der Waals surface area contributed by atoms with Crippen LogP contribution in [0.3, 0.4) is 0 Å². The molecule has 4 aromatic carbocycles. The Morgan fingerprint density at radius 3 is 1.87 bits per heavy atom. The van der Waals surface area contributed by atoms with E-state index in [1.807, 2.05) is 87.5 Å². The van der Waals surface area contributed by atoms with Gasteiger partial charge in [0.1, 0.15) is 18.0 Å². The summed E-state index contributed by atoms with van der Waals surface area (Å²) in [6, 6.07) is 35.1. The predicted octanol–water partition coefficient (Wildman–Crippen LogP) is 12.3. The molecule has 6 N–H and O–H groups in total. The highest BCUT2D eigenvalue weighted by Crippen LogP contribution is 2.38. The molecule has 2 aromatic heterocycles. The molecule has 4 aliphatic heterocycles. The maximum absolute atomic E-state index is 12.4. The summed E-state index contributed by atoms with van der Waals surface area (Å²) in [5, 5.41) is 33.9. The molecule has 6 heterocycles. The van der Waals surface area contributed by atoms with Crippen LogP contribution >= 0.6 is 42.6 Å². The minimum Gasteiger partial charge on any atom is -0.491 e. The van der Waals surface area contributed by atoms with E-state index in [-0.39, 0.29) is 78.3 Å². The van der Waals surface area contributed by atoms with E-state index >= 15 is 0 Å². The molecule has 0 spiro atoms. The number of tetrazole rings is 1. The number of aromatic nitrogens is 5. The fourth-order valence-electron chi connectivity index (χ4n) is 12.5. The third kappa shape index (κ3) is 27.0. The lowest BCUT2D eigenvalue weighted by Crippen LogP contribution is -2.36. The van der Waals surface area contributed by atoms with E-state index in [2.05, 4.69) is 63.2 Å². The van der Waals surface area contributed by atoms with Crippen LogP contribution in [0, 0.1) is 0 Å². The summed E-state index contributed by atoms with van der Waals surface area (Å²) in [5.41, 5.74) is 5.49. The van der Waals surface area contributed by atoms with Crippen molar-refractivity contribution < 1.29 is 61.6 Å². The SMILES string of the molecule is CC(C)(C)c1ccc(N2C(=O)CC[C@@H]2CSCCCCP(=O)(O)O)cc1.CC(C)(O)c1ccc(N2C(=O)CC[C@@H]2CCCCCCc2nn[nH]n2)cn1.CNS(=O)(=O)CCCCOC[C@H]1CCC(=O)N1c1ccccc1.O=C1CC[C@H](Cc2cccc(OCCO)c2)N1c1cc(Cl)cc(Cl)c1. The Balaban J connectivity index is 0.000000189. The van der Waals surface area contributed by atoms with E-state index in [9.17, 15) is 37.3 Å². The van der Waals surface area contributed by atoms with Crippen molar-refractivity contribution in [1.82, 2.24) is 30.3 Å². The Labute approximate surface area is 609 Å². The number of rotatable bonds is 32. The second-order valence-electron chi connectivity index (χ2n) is 27.2. The number of hydrogen-bond donors (Lipinski definition) is 6. The first-order chi connectivity index (χ1) is 48.1. The van der Waals surface area contributed by atoms with Crippen molar-refractivity contribution in [3.63, 3.8) is 0 Å². The molecule has 4 fully saturated rings. The van der Waals surface area contributed by atoms with Crippen molar-refractivity contribution >= 4 is 99.0 Å². The smallest absolute Gasteiger partial charge is 0.325 e. The van der Waals surface area contributed by atoms with Gasteiger partial charge in [0.05, 0.1) is 42.6 Å². The topological polar surface area (TPSA) is 311 Å². The van der Waals surface area contributed by atoms with Crippen LogP contribution in [0.2, 0.25) is 10.0 Å². The summed E-state index contributed by atoms with van der Waals surface area (Å²) in [4.78, 5) is 78.7. The van der Waals surface area contributed by atoms with Crippen molar-refractivity contribution in [2.75, 3.05) is 76.5 Å². The van der Waals surface area contributed by atoms with Crippen LogP contribution < -0.4 is 29.1 Å². The van der Waals surface area contributed by atoms with E-state index in [1.165, 1.54) is 12.6 Å². The van der Waals surface area contributed by atoms with E-state index in [4.69, 9.17) is 47.6 Å². The third-order valence-corrected chi connectivity index (χ3v) is 21.8. The van der Waals surface area contributed by atoms with Gasteiger partial charge in [-0.15, -0.1) is 10.2 Å². The average Bonchev–Trinajstić information content (AvgIpc) is 1.75. The van der Waals surface area contributed by atoms with Crippen LogP contribution in [0.15, 0.2) is 115 Å². The molecule has 28 heteroatoms. The van der Waals surface area contributed by atoms with Gasteiger partial charge in [-0.25, -0.2) is 13.1 Å². The number of carbonyl (C=O) groups is 4. The van der Waals surface area contributed by atoms with Gasteiger partial charge in [-0.3, -0.25) is 28.7 Å². The second-order valence-corrected chi connectivity index (χ2v) is 33.1. The number of aromatic amines is 1. The molecule has 552 valence electrons. The molecule has 4 saturated heterocycles. The fourth-order valence-corrected chi connectivity index (χ4v) is 15.6. The number of sulfonamides is 1. The molecule has 4 amide bonds. The largest absolute Gasteiger partial charge is 0.491 e. The number of para-hydroxylation sites is 1. The van der Waals surface area contributed by atoms with E-state index < -0.39 is 23.2 Å². The van der Waals surface area contributed by atoms with Gasteiger partial charge in [-0.1, -0.05) is 111 Å².